The van der Waals surface area contributed by atoms with E-state index in [1.54, 1.807) is 6.20 Å². The largest absolute Gasteiger partial charge is 0.262 e. The van der Waals surface area contributed by atoms with Crippen molar-refractivity contribution in [3.63, 3.8) is 0 Å². The fraction of sp³-hybridized carbons (Fsp3) is 0.500. The molecule has 17 heavy (non-hydrogen) atoms. The van der Waals surface area contributed by atoms with Crippen LogP contribution in [-0.2, 0) is 10.0 Å². The van der Waals surface area contributed by atoms with Crippen LogP contribution in [0.4, 0.5) is 0 Å². The number of aromatic nitrogens is 1. The first-order valence-corrected chi connectivity index (χ1v) is 8.62. The maximum atomic E-state index is 11.8. The molecular formula is C10H14Br2N2O2S. The van der Waals surface area contributed by atoms with Crippen molar-refractivity contribution < 1.29 is 8.42 Å². The molecule has 1 aromatic heterocycles. The number of nitrogens with zero attached hydrogens (tertiary/aromatic N) is 1. The van der Waals surface area contributed by atoms with Gasteiger partial charge in [0, 0.05) is 28.7 Å². The molecule has 0 radical (unpaired) electrons. The molecule has 0 fully saturated rings. The first-order valence-electron chi connectivity index (χ1n) is 5.22. The van der Waals surface area contributed by atoms with Crippen molar-refractivity contribution in [3.05, 3.63) is 22.9 Å². The molecule has 0 aliphatic carbocycles. The van der Waals surface area contributed by atoms with Crippen LogP contribution >= 0.6 is 31.9 Å². The van der Waals surface area contributed by atoms with E-state index in [0.29, 0.717) is 11.0 Å². The summed E-state index contributed by atoms with van der Waals surface area (Å²) in [6.45, 7) is 0.460. The highest BCUT2D eigenvalue weighted by Crippen LogP contribution is 2.13. The molecule has 0 atom stereocenters. The second kappa shape index (κ2) is 7.45. The van der Waals surface area contributed by atoms with Gasteiger partial charge in [-0.1, -0.05) is 22.4 Å². The number of alkyl halides is 1. The third-order valence-corrected chi connectivity index (χ3v) is 4.52. The lowest BCUT2D eigenvalue weighted by atomic mass is 10.3. The lowest BCUT2D eigenvalue weighted by molar-refractivity contribution is 0.576. The summed E-state index contributed by atoms with van der Waals surface area (Å²) in [6, 6.07) is 1.54. The van der Waals surface area contributed by atoms with Gasteiger partial charge < -0.3 is 0 Å². The van der Waals surface area contributed by atoms with Gasteiger partial charge in [-0.3, -0.25) is 4.98 Å². The molecule has 0 aliphatic rings. The standard InChI is InChI=1S/C10H14Br2N2O2S/c11-4-2-1-3-5-14-17(15,16)10-6-9(12)7-13-8-10/h6-8,14H,1-5H2. The van der Waals surface area contributed by atoms with Gasteiger partial charge in [-0.25, -0.2) is 13.1 Å². The Labute approximate surface area is 119 Å². The number of halogens is 2. The van der Waals surface area contributed by atoms with Crippen molar-refractivity contribution in [1.82, 2.24) is 9.71 Å². The van der Waals surface area contributed by atoms with Gasteiger partial charge in [-0.15, -0.1) is 0 Å². The monoisotopic (exact) mass is 384 g/mol. The molecule has 0 spiro atoms. The predicted molar refractivity (Wildman–Crippen MR) is 74.8 cm³/mol. The average Bonchev–Trinajstić information content (AvgIpc) is 2.29. The average molecular weight is 386 g/mol. The van der Waals surface area contributed by atoms with Gasteiger partial charge >= 0.3 is 0 Å². The molecule has 1 rings (SSSR count). The van der Waals surface area contributed by atoms with E-state index < -0.39 is 10.0 Å². The lowest BCUT2D eigenvalue weighted by Gasteiger charge is -2.06. The number of pyridine rings is 1. The molecular weight excluding hydrogens is 372 g/mol. The highest BCUT2D eigenvalue weighted by molar-refractivity contribution is 9.10. The van der Waals surface area contributed by atoms with Gasteiger partial charge in [0.1, 0.15) is 4.90 Å². The number of nitrogens with one attached hydrogen (secondary N) is 1. The molecule has 4 nitrogen and oxygen atoms in total. The number of rotatable bonds is 7. The normalized spacial score (nSPS) is 11.6. The van der Waals surface area contributed by atoms with Gasteiger partial charge in [0.05, 0.1) is 0 Å². The molecule has 1 aromatic rings. The van der Waals surface area contributed by atoms with Crippen molar-refractivity contribution in [2.45, 2.75) is 24.2 Å². The van der Waals surface area contributed by atoms with Crippen LogP contribution in [0, 0.1) is 0 Å². The highest BCUT2D eigenvalue weighted by atomic mass is 79.9. The van der Waals surface area contributed by atoms with Crippen molar-refractivity contribution in [1.29, 1.82) is 0 Å². The molecule has 1 heterocycles. The summed E-state index contributed by atoms with van der Waals surface area (Å²) in [5.74, 6) is 0. The smallest absolute Gasteiger partial charge is 0.242 e. The van der Waals surface area contributed by atoms with E-state index in [1.807, 2.05) is 0 Å². The van der Waals surface area contributed by atoms with Gasteiger partial charge in [0.2, 0.25) is 10.0 Å². The summed E-state index contributed by atoms with van der Waals surface area (Å²) in [5.41, 5.74) is 0. The minimum Gasteiger partial charge on any atom is -0.262 e. The zero-order chi connectivity index (χ0) is 12.7. The van der Waals surface area contributed by atoms with Crippen LogP contribution in [0.2, 0.25) is 0 Å². The predicted octanol–water partition coefficient (Wildman–Crippen LogP) is 2.69. The maximum absolute atomic E-state index is 11.8. The maximum Gasteiger partial charge on any atom is 0.242 e. The Morgan fingerprint density at radius 3 is 2.65 bits per heavy atom. The molecule has 96 valence electrons. The third kappa shape index (κ3) is 5.46. The van der Waals surface area contributed by atoms with Crippen LogP contribution in [0.25, 0.3) is 0 Å². The van der Waals surface area contributed by atoms with Crippen molar-refractivity contribution >= 4 is 41.9 Å². The number of hydrogen-bond donors (Lipinski definition) is 1. The molecule has 0 aliphatic heterocycles. The molecule has 1 N–H and O–H groups in total. The summed E-state index contributed by atoms with van der Waals surface area (Å²) in [6.07, 6.45) is 5.79. The molecule has 0 amide bonds. The molecule has 0 saturated heterocycles. The second-order valence-corrected chi connectivity index (χ2v) is 6.96. The van der Waals surface area contributed by atoms with Gasteiger partial charge in [-0.05, 0) is 34.8 Å². The Hall–Kier alpha value is 0.0200. The zero-order valence-electron chi connectivity index (χ0n) is 9.20. The summed E-state index contributed by atoms with van der Waals surface area (Å²) >= 11 is 6.53. The van der Waals surface area contributed by atoms with E-state index in [2.05, 4.69) is 41.6 Å². The van der Waals surface area contributed by atoms with Crippen molar-refractivity contribution in [2.24, 2.45) is 0 Å². The number of hydrogen-bond acceptors (Lipinski definition) is 3. The van der Waals surface area contributed by atoms with Crippen LogP contribution in [0.5, 0.6) is 0 Å². The second-order valence-electron chi connectivity index (χ2n) is 3.49. The van der Waals surface area contributed by atoms with Gasteiger partial charge in [0.25, 0.3) is 0 Å². The van der Waals surface area contributed by atoms with E-state index in [-0.39, 0.29) is 4.90 Å². The topological polar surface area (TPSA) is 59.1 Å². The van der Waals surface area contributed by atoms with Gasteiger partial charge in [-0.2, -0.15) is 0 Å². The molecule has 0 bridgehead atoms. The van der Waals surface area contributed by atoms with E-state index in [4.69, 9.17) is 0 Å². The van der Waals surface area contributed by atoms with E-state index in [1.165, 1.54) is 12.3 Å². The summed E-state index contributed by atoms with van der Waals surface area (Å²) in [4.78, 5) is 4.02. The fourth-order valence-electron chi connectivity index (χ4n) is 1.23. The van der Waals surface area contributed by atoms with Gasteiger partial charge in [0.15, 0.2) is 0 Å². The fourth-order valence-corrected chi connectivity index (χ4v) is 3.20. The van der Waals surface area contributed by atoms with Crippen LogP contribution in [0.15, 0.2) is 27.8 Å². The first kappa shape index (κ1) is 15.1. The van der Waals surface area contributed by atoms with E-state index in [9.17, 15) is 8.42 Å². The quantitative estimate of drug-likeness (QED) is 0.579. The SMILES string of the molecule is O=S(=O)(NCCCCCBr)c1cncc(Br)c1. The summed E-state index contributed by atoms with van der Waals surface area (Å²) in [5, 5.41) is 0.954. The minimum atomic E-state index is -3.42. The Morgan fingerprint density at radius 1 is 1.24 bits per heavy atom. The molecule has 0 saturated carbocycles. The Morgan fingerprint density at radius 2 is 2.00 bits per heavy atom. The van der Waals surface area contributed by atoms with Crippen LogP contribution in [-0.4, -0.2) is 25.3 Å². The molecule has 7 heteroatoms. The van der Waals surface area contributed by atoms with Crippen LogP contribution in [0.3, 0.4) is 0 Å². The number of sulfonamides is 1. The number of unbranched alkanes of at least 4 members (excludes halogenated alkanes) is 2. The van der Waals surface area contributed by atoms with Crippen LogP contribution in [0.1, 0.15) is 19.3 Å². The minimum absolute atomic E-state index is 0.187. The van der Waals surface area contributed by atoms with Crippen molar-refractivity contribution in [2.75, 3.05) is 11.9 Å². The summed E-state index contributed by atoms with van der Waals surface area (Å²) < 4.78 is 26.9. The molecule has 0 aromatic carbocycles. The third-order valence-electron chi connectivity index (χ3n) is 2.09. The van der Waals surface area contributed by atoms with Crippen molar-refractivity contribution in [3.8, 4) is 0 Å². The molecule has 0 unspecified atom stereocenters. The zero-order valence-corrected chi connectivity index (χ0v) is 13.2. The van der Waals surface area contributed by atoms with E-state index in [0.717, 1.165) is 24.6 Å². The first-order chi connectivity index (χ1) is 8.06. The summed E-state index contributed by atoms with van der Waals surface area (Å²) in [7, 11) is -3.42. The lowest BCUT2D eigenvalue weighted by Crippen LogP contribution is -2.24. The Balaban J connectivity index is 2.51. The van der Waals surface area contributed by atoms with Crippen LogP contribution < -0.4 is 4.72 Å². The highest BCUT2D eigenvalue weighted by Gasteiger charge is 2.13. The van der Waals surface area contributed by atoms with E-state index >= 15 is 0 Å². The Kier molecular flexibility index (Phi) is 6.61. The Bertz CT molecular complexity index is 451.